The molecule has 0 aromatic rings. The van der Waals surface area contributed by atoms with Crippen molar-refractivity contribution in [1.82, 2.24) is 9.80 Å². The Morgan fingerprint density at radius 1 is 1.00 bits per heavy atom. The van der Waals surface area contributed by atoms with E-state index >= 15 is 0 Å². The zero-order valence-electron chi connectivity index (χ0n) is 10.1. The first kappa shape index (κ1) is 12.0. The van der Waals surface area contributed by atoms with Crippen LogP contribution in [0, 0.1) is 0 Å². The molecule has 0 fully saturated rings. The number of rotatable bonds is 4. The van der Waals surface area contributed by atoms with Crippen molar-refractivity contribution in [3.05, 3.63) is 35.8 Å². The summed E-state index contributed by atoms with van der Waals surface area (Å²) in [4.78, 5) is 4.16. The van der Waals surface area contributed by atoms with Crippen LogP contribution in [0.4, 0.5) is 0 Å². The molecule has 0 aromatic heterocycles. The summed E-state index contributed by atoms with van der Waals surface area (Å²) in [7, 11) is 8.10. The average molecular weight is 208 g/mol. The summed E-state index contributed by atoms with van der Waals surface area (Å²) >= 11 is 0. The molecule has 0 aliphatic carbocycles. The lowest BCUT2D eigenvalue weighted by molar-refractivity contribution is 0.228. The zero-order valence-corrected chi connectivity index (χ0v) is 10.1. The molecule has 1 rings (SSSR count). The Morgan fingerprint density at radius 3 is 1.73 bits per heavy atom. The highest BCUT2D eigenvalue weighted by Crippen LogP contribution is 2.18. The van der Waals surface area contributed by atoms with Crippen molar-refractivity contribution in [3.63, 3.8) is 0 Å². The Bertz CT molecular complexity index is 273. The highest BCUT2D eigenvalue weighted by Gasteiger charge is 2.11. The largest absolute Gasteiger partial charge is 0.463 e. The van der Waals surface area contributed by atoms with Crippen LogP contribution in [0.2, 0.25) is 0 Å². The molecule has 3 heteroatoms. The van der Waals surface area contributed by atoms with E-state index in [1.165, 1.54) is 0 Å². The third-order valence-corrected chi connectivity index (χ3v) is 1.90. The molecule has 1 heterocycles. The fourth-order valence-corrected chi connectivity index (χ4v) is 1.46. The van der Waals surface area contributed by atoms with Crippen molar-refractivity contribution in [2.45, 2.75) is 0 Å². The molecular weight excluding hydrogens is 188 g/mol. The monoisotopic (exact) mass is 208 g/mol. The van der Waals surface area contributed by atoms with E-state index < -0.39 is 0 Å². The van der Waals surface area contributed by atoms with E-state index in [-0.39, 0.29) is 0 Å². The minimum atomic E-state index is 0.809. The van der Waals surface area contributed by atoms with Crippen LogP contribution in [0.1, 0.15) is 0 Å². The molecule has 1 aliphatic rings. The zero-order chi connectivity index (χ0) is 11.4. The van der Waals surface area contributed by atoms with Gasteiger partial charge < -0.3 is 14.5 Å². The van der Waals surface area contributed by atoms with E-state index in [0.29, 0.717) is 0 Å². The van der Waals surface area contributed by atoms with Gasteiger partial charge in [-0.2, -0.15) is 0 Å². The number of allylic oxidation sites excluding steroid dienone is 3. The Morgan fingerprint density at radius 2 is 1.40 bits per heavy atom. The van der Waals surface area contributed by atoms with E-state index in [1.54, 1.807) is 0 Å². The summed E-state index contributed by atoms with van der Waals surface area (Å²) in [5.74, 6) is 1.92. The Kier molecular flexibility index (Phi) is 4.12. The van der Waals surface area contributed by atoms with Crippen LogP contribution in [0.15, 0.2) is 35.8 Å². The van der Waals surface area contributed by atoms with Gasteiger partial charge in [-0.25, -0.2) is 0 Å². The van der Waals surface area contributed by atoms with Crippen LogP contribution >= 0.6 is 0 Å². The molecule has 0 saturated heterocycles. The van der Waals surface area contributed by atoms with E-state index in [0.717, 1.165) is 30.2 Å². The molecule has 1 aliphatic heterocycles. The number of nitrogens with zero attached hydrogens (tertiary/aromatic N) is 2. The van der Waals surface area contributed by atoms with Crippen LogP contribution in [0.5, 0.6) is 0 Å². The lowest BCUT2D eigenvalue weighted by Crippen LogP contribution is -2.22. The lowest BCUT2D eigenvalue weighted by atomic mass is 10.2. The molecule has 0 aromatic carbocycles. The van der Waals surface area contributed by atoms with Crippen molar-refractivity contribution in [2.75, 3.05) is 41.3 Å². The Balaban J connectivity index is 2.62. The molecule has 0 N–H and O–H groups in total. The summed E-state index contributed by atoms with van der Waals surface area (Å²) < 4.78 is 5.76. The highest BCUT2D eigenvalue weighted by atomic mass is 16.5. The van der Waals surface area contributed by atoms with E-state index in [2.05, 4.69) is 16.4 Å². The molecule has 0 atom stereocenters. The Labute approximate surface area is 92.3 Å². The van der Waals surface area contributed by atoms with Gasteiger partial charge in [-0.3, -0.25) is 0 Å². The summed E-state index contributed by atoms with van der Waals surface area (Å²) in [6.45, 7) is 5.58. The first-order valence-corrected chi connectivity index (χ1v) is 5.04. The van der Waals surface area contributed by atoms with Gasteiger partial charge in [0, 0.05) is 0 Å². The number of hydrogen-bond donors (Lipinski definition) is 0. The van der Waals surface area contributed by atoms with Gasteiger partial charge in [0.1, 0.15) is 11.5 Å². The minimum absolute atomic E-state index is 0.809. The van der Waals surface area contributed by atoms with Gasteiger partial charge in [-0.1, -0.05) is 6.58 Å². The van der Waals surface area contributed by atoms with Crippen LogP contribution in [0.3, 0.4) is 0 Å². The minimum Gasteiger partial charge on any atom is -0.463 e. The van der Waals surface area contributed by atoms with Crippen LogP contribution in [-0.4, -0.2) is 51.1 Å². The lowest BCUT2D eigenvalue weighted by Gasteiger charge is -2.22. The van der Waals surface area contributed by atoms with Crippen molar-refractivity contribution in [3.8, 4) is 0 Å². The Hall–Kier alpha value is -1.06. The fraction of sp³-hybridized carbons (Fsp3) is 0.500. The maximum absolute atomic E-state index is 5.76. The van der Waals surface area contributed by atoms with Crippen molar-refractivity contribution in [1.29, 1.82) is 0 Å². The van der Waals surface area contributed by atoms with Gasteiger partial charge >= 0.3 is 0 Å². The first-order chi connectivity index (χ1) is 6.97. The van der Waals surface area contributed by atoms with Crippen LogP contribution in [-0.2, 0) is 4.74 Å². The molecular formula is C12H20N2O. The normalized spacial score (nSPS) is 16.5. The maximum atomic E-state index is 5.76. The molecule has 0 spiro atoms. The molecule has 3 nitrogen and oxygen atoms in total. The number of ether oxygens (including phenoxy) is 1. The van der Waals surface area contributed by atoms with Crippen molar-refractivity contribution < 1.29 is 4.74 Å². The summed E-state index contributed by atoms with van der Waals surface area (Å²) in [5.41, 5.74) is 1.01. The second kappa shape index (κ2) is 5.14. The van der Waals surface area contributed by atoms with Crippen LogP contribution in [0.25, 0.3) is 0 Å². The second-order valence-corrected chi connectivity index (χ2v) is 4.37. The molecule has 15 heavy (non-hydrogen) atoms. The highest BCUT2D eigenvalue weighted by molar-refractivity contribution is 5.35. The molecule has 0 radical (unpaired) electrons. The molecule has 0 amide bonds. The van der Waals surface area contributed by atoms with E-state index in [1.807, 2.05) is 40.3 Å². The third kappa shape index (κ3) is 4.32. The quantitative estimate of drug-likeness (QED) is 0.695. The summed E-state index contributed by atoms with van der Waals surface area (Å²) in [6.07, 6.45) is 3.97. The van der Waals surface area contributed by atoms with Gasteiger partial charge in [0.05, 0.1) is 13.1 Å². The first-order valence-electron chi connectivity index (χ1n) is 5.04. The average Bonchev–Trinajstić information content (AvgIpc) is 1.98. The van der Waals surface area contributed by atoms with Gasteiger partial charge in [-0.15, -0.1) is 0 Å². The molecule has 0 unspecified atom stereocenters. The second-order valence-electron chi connectivity index (χ2n) is 4.37. The predicted molar refractivity (Wildman–Crippen MR) is 63.5 cm³/mol. The molecule has 84 valence electrons. The summed E-state index contributed by atoms with van der Waals surface area (Å²) in [6, 6.07) is 0. The van der Waals surface area contributed by atoms with Gasteiger partial charge in [0.15, 0.2) is 0 Å². The molecule has 0 saturated carbocycles. The summed E-state index contributed by atoms with van der Waals surface area (Å²) in [5, 5.41) is 0. The fourth-order valence-electron chi connectivity index (χ4n) is 1.46. The van der Waals surface area contributed by atoms with E-state index in [4.69, 9.17) is 4.74 Å². The van der Waals surface area contributed by atoms with Crippen molar-refractivity contribution in [2.24, 2.45) is 0 Å². The maximum Gasteiger partial charge on any atom is 0.118 e. The van der Waals surface area contributed by atoms with Gasteiger partial charge in [0.25, 0.3) is 0 Å². The van der Waals surface area contributed by atoms with Gasteiger partial charge in [-0.05, 0) is 45.9 Å². The third-order valence-electron chi connectivity index (χ3n) is 1.90. The molecule has 0 bridgehead atoms. The number of likely N-dealkylation sites (N-methyl/N-ethyl adjacent to an activating group) is 2. The topological polar surface area (TPSA) is 15.7 Å². The standard InChI is InChI=1S/C12H20N2O/c1-10-6-11(8-13(2)3)15-12(7-10)9-14(4)5/h6-7H,1,8-9H2,2-5H3. The van der Waals surface area contributed by atoms with Crippen molar-refractivity contribution >= 4 is 0 Å². The SMILES string of the molecule is C=C1C=C(CN(C)C)OC(CN(C)C)=C1. The van der Waals surface area contributed by atoms with Gasteiger partial charge in [0.2, 0.25) is 0 Å². The van der Waals surface area contributed by atoms with E-state index in [9.17, 15) is 0 Å². The van der Waals surface area contributed by atoms with Crippen LogP contribution < -0.4 is 0 Å². The number of hydrogen-bond acceptors (Lipinski definition) is 3. The smallest absolute Gasteiger partial charge is 0.118 e. The predicted octanol–water partition coefficient (Wildman–Crippen LogP) is 1.46.